The van der Waals surface area contributed by atoms with E-state index in [4.69, 9.17) is 10.5 Å². The average molecular weight is 585 g/mol. The minimum Gasteiger partial charge on any atom is -0.379 e. The molecule has 1 saturated carbocycles. The van der Waals surface area contributed by atoms with E-state index in [1.54, 1.807) is 24.3 Å². The zero-order chi connectivity index (χ0) is 30.3. The molecule has 6 aromatic rings. The first-order valence-electron chi connectivity index (χ1n) is 15.6. The Bertz CT molecular complexity index is 2140. The Balaban J connectivity index is 0.000000279. The summed E-state index contributed by atoms with van der Waals surface area (Å²) in [5.41, 5.74) is 12.4. The van der Waals surface area contributed by atoms with E-state index in [0.717, 1.165) is 35.8 Å². The summed E-state index contributed by atoms with van der Waals surface area (Å²) in [6.45, 7) is 5.30. The number of amides is 2. The molecule has 7 nitrogen and oxygen atoms in total. The van der Waals surface area contributed by atoms with Crippen molar-refractivity contribution in [3.05, 3.63) is 95.6 Å². The molecule has 3 N–H and O–H groups in total. The van der Waals surface area contributed by atoms with Crippen LogP contribution in [0.5, 0.6) is 0 Å². The number of benzene rings is 4. The molecule has 2 bridgehead atoms. The maximum atomic E-state index is 13.4. The first-order chi connectivity index (χ1) is 21.4. The summed E-state index contributed by atoms with van der Waals surface area (Å²) in [5.74, 6) is 0.137. The molecule has 2 amide bonds. The summed E-state index contributed by atoms with van der Waals surface area (Å²) in [6.07, 6.45) is 3.31. The molecule has 4 heterocycles. The number of nitrogens with two attached hydrogens (primary N) is 1. The van der Waals surface area contributed by atoms with Crippen molar-refractivity contribution in [3.63, 3.8) is 0 Å². The molecular weight excluding hydrogens is 548 g/mol. The minimum absolute atomic E-state index is 0.0567. The highest BCUT2D eigenvalue weighted by Crippen LogP contribution is 2.56. The zero-order valence-electron chi connectivity index (χ0n) is 25.3. The molecule has 0 spiro atoms. The monoisotopic (exact) mass is 584 g/mol. The Labute approximate surface area is 255 Å². The van der Waals surface area contributed by atoms with Gasteiger partial charge in [-0.1, -0.05) is 67.9 Å². The van der Waals surface area contributed by atoms with Gasteiger partial charge in [-0.2, -0.15) is 0 Å². The van der Waals surface area contributed by atoms with Gasteiger partial charge in [0.2, 0.25) is 5.91 Å². The highest BCUT2D eigenvalue weighted by molar-refractivity contribution is 6.31. The van der Waals surface area contributed by atoms with Gasteiger partial charge in [-0.25, -0.2) is 0 Å². The summed E-state index contributed by atoms with van der Waals surface area (Å²) < 4.78 is 11.6. The van der Waals surface area contributed by atoms with E-state index < -0.39 is 0 Å². The van der Waals surface area contributed by atoms with Crippen LogP contribution in [0.4, 0.5) is 0 Å². The lowest BCUT2D eigenvalue weighted by Gasteiger charge is -2.49. The van der Waals surface area contributed by atoms with Gasteiger partial charge in [-0.05, 0) is 55.5 Å². The van der Waals surface area contributed by atoms with Crippen molar-refractivity contribution in [2.24, 2.45) is 11.7 Å². The van der Waals surface area contributed by atoms with Gasteiger partial charge in [-0.3, -0.25) is 9.59 Å². The fraction of sp³-hybridized carbons (Fsp3) is 0.297. The van der Waals surface area contributed by atoms with E-state index in [1.807, 2.05) is 13.2 Å². The van der Waals surface area contributed by atoms with E-state index in [-0.39, 0.29) is 23.5 Å². The lowest BCUT2D eigenvalue weighted by Crippen LogP contribution is -2.52. The van der Waals surface area contributed by atoms with Crippen molar-refractivity contribution in [3.8, 4) is 0 Å². The number of primary amides is 1. The van der Waals surface area contributed by atoms with Gasteiger partial charge in [-0.15, -0.1) is 0 Å². The second-order valence-corrected chi connectivity index (χ2v) is 12.7. The first-order valence-corrected chi connectivity index (χ1v) is 15.6. The number of carbonyl (C=O) groups excluding carboxylic acids is 2. The quantitative estimate of drug-likeness (QED) is 0.234. The largest absolute Gasteiger partial charge is 0.379 e. The first kappa shape index (κ1) is 27.0. The van der Waals surface area contributed by atoms with Gasteiger partial charge in [0.05, 0.1) is 28.2 Å². The van der Waals surface area contributed by atoms with Gasteiger partial charge in [0.25, 0.3) is 5.91 Å². The minimum atomic E-state index is -0.379. The molecule has 7 heteroatoms. The fourth-order valence-electron chi connectivity index (χ4n) is 8.89. The van der Waals surface area contributed by atoms with E-state index in [1.165, 1.54) is 38.2 Å². The van der Waals surface area contributed by atoms with Gasteiger partial charge in [0.1, 0.15) is 0 Å². The van der Waals surface area contributed by atoms with Crippen LogP contribution in [0, 0.1) is 5.92 Å². The van der Waals surface area contributed by atoms with Crippen LogP contribution in [0.3, 0.4) is 0 Å². The normalized spacial score (nSPS) is 23.5. The maximum absolute atomic E-state index is 13.4. The Morgan fingerprint density at radius 3 is 2.27 bits per heavy atom. The number of nitrogens with one attached hydrogen (secondary N) is 1. The SMILES string of the molecule is CC[C@@H]1C[C@H]2C[C@@](C)([C@@H]1OC)n1c3ccccc3c3c4c(c5c6ccccc6n2c5c31)C(=O)NC4.NC(=O)c1ccccc1. The van der Waals surface area contributed by atoms with Crippen LogP contribution in [0.15, 0.2) is 78.9 Å². The molecular formula is C37H36N4O3. The number of para-hydroxylation sites is 2. The van der Waals surface area contributed by atoms with E-state index in [9.17, 15) is 9.59 Å². The molecule has 4 aromatic carbocycles. The standard InChI is InChI=1S/C30H29N3O2.C7H7NO/c1-4-16-13-17-14-30(2,28(16)35-3)33-22-12-8-6-10-19(22)23-20-15-31-29(34)25(20)24-18-9-5-7-11-21(18)32(17)26(24)27(23)33;8-7(9)6-4-2-1-3-5-6/h5-12,16-17,28H,4,13-15H2,1-3H3,(H,31,34);1-5H,(H2,8,9)/t16-,17+,28-,30+;/m1./s1. The van der Waals surface area contributed by atoms with Crippen molar-refractivity contribution in [1.29, 1.82) is 0 Å². The van der Waals surface area contributed by atoms with Crippen LogP contribution >= 0.6 is 0 Å². The number of methoxy groups -OCH3 is 1. The van der Waals surface area contributed by atoms with Crippen molar-refractivity contribution in [2.75, 3.05) is 7.11 Å². The fourth-order valence-corrected chi connectivity index (χ4v) is 8.89. The van der Waals surface area contributed by atoms with Gasteiger partial charge in [0.15, 0.2) is 0 Å². The highest BCUT2D eigenvalue weighted by atomic mass is 16.5. The Morgan fingerprint density at radius 1 is 0.955 bits per heavy atom. The molecule has 1 aliphatic carbocycles. The van der Waals surface area contributed by atoms with Crippen LogP contribution in [-0.2, 0) is 16.8 Å². The molecule has 2 aromatic heterocycles. The number of fused-ring (bicyclic) bond motifs is 13. The number of hydrogen-bond donors (Lipinski definition) is 2. The molecule has 3 aliphatic rings. The number of hydrogen-bond acceptors (Lipinski definition) is 3. The Morgan fingerprint density at radius 2 is 1.61 bits per heavy atom. The molecule has 44 heavy (non-hydrogen) atoms. The highest BCUT2D eigenvalue weighted by Gasteiger charge is 2.51. The summed E-state index contributed by atoms with van der Waals surface area (Å²) in [7, 11) is 1.89. The van der Waals surface area contributed by atoms with Crippen LogP contribution in [-0.4, -0.2) is 34.2 Å². The number of aromatic nitrogens is 2. The molecule has 0 radical (unpaired) electrons. The molecule has 4 atom stereocenters. The number of rotatable bonds is 3. The average Bonchev–Trinajstić information content (AvgIpc) is 3.69. The van der Waals surface area contributed by atoms with Gasteiger partial charge in [0, 0.05) is 57.8 Å². The van der Waals surface area contributed by atoms with Crippen molar-refractivity contribution in [1.82, 2.24) is 14.5 Å². The van der Waals surface area contributed by atoms with Crippen LogP contribution in [0.2, 0.25) is 0 Å². The third-order valence-corrected chi connectivity index (χ3v) is 10.5. The second kappa shape index (κ2) is 9.69. The van der Waals surface area contributed by atoms with Crippen LogP contribution in [0.1, 0.15) is 65.4 Å². The number of nitrogens with zero attached hydrogens (tertiary/aromatic N) is 2. The van der Waals surface area contributed by atoms with Crippen molar-refractivity contribution < 1.29 is 14.3 Å². The zero-order valence-corrected chi connectivity index (χ0v) is 25.3. The Kier molecular flexibility index (Phi) is 5.94. The molecule has 222 valence electrons. The van der Waals surface area contributed by atoms with Crippen LogP contribution < -0.4 is 11.1 Å². The van der Waals surface area contributed by atoms with E-state index >= 15 is 0 Å². The predicted octanol–water partition coefficient (Wildman–Crippen LogP) is 7.04. The number of carbonyl (C=O) groups is 2. The second-order valence-electron chi connectivity index (χ2n) is 12.7. The summed E-state index contributed by atoms with van der Waals surface area (Å²) >= 11 is 0. The smallest absolute Gasteiger partial charge is 0.252 e. The topological polar surface area (TPSA) is 91.3 Å². The molecule has 1 fully saturated rings. The van der Waals surface area contributed by atoms with Gasteiger partial charge < -0.3 is 24.9 Å². The molecule has 0 unspecified atom stereocenters. The third-order valence-electron chi connectivity index (χ3n) is 10.5. The molecule has 0 saturated heterocycles. The lowest BCUT2D eigenvalue weighted by molar-refractivity contribution is -0.0723. The predicted molar refractivity (Wildman–Crippen MR) is 175 cm³/mol. The molecule has 9 rings (SSSR count). The molecule has 2 aliphatic heterocycles. The lowest BCUT2D eigenvalue weighted by atomic mass is 9.70. The maximum Gasteiger partial charge on any atom is 0.252 e. The van der Waals surface area contributed by atoms with Crippen molar-refractivity contribution in [2.45, 2.75) is 57.3 Å². The summed E-state index contributed by atoms with van der Waals surface area (Å²) in [5, 5.41) is 7.96. The van der Waals surface area contributed by atoms with Crippen molar-refractivity contribution >= 4 is 55.4 Å². The number of ether oxygens (including phenoxy) is 1. The summed E-state index contributed by atoms with van der Waals surface area (Å²) in [6, 6.07) is 26.6. The van der Waals surface area contributed by atoms with E-state index in [2.05, 4.69) is 76.8 Å². The third kappa shape index (κ3) is 3.47. The Hall–Kier alpha value is -4.62. The van der Waals surface area contributed by atoms with E-state index in [0.29, 0.717) is 24.1 Å². The summed E-state index contributed by atoms with van der Waals surface area (Å²) in [4.78, 5) is 23.8. The van der Waals surface area contributed by atoms with Gasteiger partial charge >= 0.3 is 0 Å². The van der Waals surface area contributed by atoms with Crippen LogP contribution in [0.25, 0.3) is 43.6 Å².